The van der Waals surface area contributed by atoms with Crippen LogP contribution < -0.4 is 10.3 Å². The highest BCUT2D eigenvalue weighted by Crippen LogP contribution is 2.30. The van der Waals surface area contributed by atoms with Gasteiger partial charge in [-0.25, -0.2) is 9.78 Å². The van der Waals surface area contributed by atoms with E-state index in [1.165, 1.54) is 14.0 Å². The Morgan fingerprint density at radius 2 is 2.15 bits per heavy atom. The number of hydrogen-bond donors (Lipinski definition) is 2. The molecule has 0 radical (unpaired) electrons. The third kappa shape index (κ3) is 2.57. The van der Waals surface area contributed by atoms with Gasteiger partial charge in [0.05, 0.1) is 18.4 Å². The number of aromatic nitrogens is 2. The van der Waals surface area contributed by atoms with Crippen LogP contribution in [-0.2, 0) is 0 Å². The van der Waals surface area contributed by atoms with E-state index in [1.807, 2.05) is 0 Å². The first-order valence-corrected chi connectivity index (χ1v) is 6.41. The number of rotatable bonds is 3. The maximum absolute atomic E-state index is 11.8. The molecule has 2 rings (SSSR count). The predicted octanol–water partition coefficient (Wildman–Crippen LogP) is 2.21. The van der Waals surface area contributed by atoms with E-state index in [2.05, 4.69) is 25.9 Å². The number of carbonyl (C=O) groups is 1. The molecule has 0 atom stereocenters. The van der Waals surface area contributed by atoms with Crippen molar-refractivity contribution in [2.45, 2.75) is 6.92 Å². The van der Waals surface area contributed by atoms with Crippen molar-refractivity contribution in [2.24, 2.45) is 0 Å². The number of ether oxygens (including phenoxy) is 1. The molecule has 0 unspecified atom stereocenters. The van der Waals surface area contributed by atoms with Crippen molar-refractivity contribution in [1.29, 1.82) is 0 Å². The number of methoxy groups -OCH3 is 1. The van der Waals surface area contributed by atoms with Crippen molar-refractivity contribution in [3.63, 3.8) is 0 Å². The molecule has 0 spiro atoms. The fourth-order valence-corrected chi connectivity index (χ4v) is 2.17. The molecule has 0 bridgehead atoms. The SMILES string of the molecule is COc1cc(Br)ccc1-c1nc(C)c(C(=O)O)c(=O)[nH]1. The summed E-state index contributed by atoms with van der Waals surface area (Å²) in [6.07, 6.45) is 0. The number of nitrogens with one attached hydrogen (secondary N) is 1. The maximum atomic E-state index is 11.8. The van der Waals surface area contributed by atoms with Crippen LogP contribution in [0, 0.1) is 6.92 Å². The smallest absolute Gasteiger partial charge is 0.343 e. The Bertz CT molecular complexity index is 740. The topological polar surface area (TPSA) is 92.3 Å². The van der Waals surface area contributed by atoms with Crippen LogP contribution in [0.2, 0.25) is 0 Å². The van der Waals surface area contributed by atoms with E-state index < -0.39 is 11.5 Å². The van der Waals surface area contributed by atoms with Crippen LogP contribution >= 0.6 is 15.9 Å². The molecule has 6 nitrogen and oxygen atoms in total. The van der Waals surface area contributed by atoms with Gasteiger partial charge in [-0.15, -0.1) is 0 Å². The van der Waals surface area contributed by atoms with Crippen molar-refractivity contribution in [2.75, 3.05) is 7.11 Å². The number of benzene rings is 1. The fraction of sp³-hybridized carbons (Fsp3) is 0.154. The molecule has 2 N–H and O–H groups in total. The van der Waals surface area contributed by atoms with Crippen LogP contribution in [0.25, 0.3) is 11.4 Å². The zero-order valence-corrected chi connectivity index (χ0v) is 12.3. The standard InChI is InChI=1S/C13H11BrN2O4/c1-6-10(13(18)19)12(17)16-11(15-6)8-4-3-7(14)5-9(8)20-2/h3-5H,1-2H3,(H,18,19)(H,15,16,17). The van der Waals surface area contributed by atoms with Crippen molar-refractivity contribution in [3.8, 4) is 17.1 Å². The quantitative estimate of drug-likeness (QED) is 0.895. The van der Waals surface area contributed by atoms with E-state index in [9.17, 15) is 9.59 Å². The van der Waals surface area contributed by atoms with E-state index in [-0.39, 0.29) is 17.1 Å². The van der Waals surface area contributed by atoms with Gasteiger partial charge in [0.2, 0.25) is 0 Å². The molecule has 0 saturated heterocycles. The Balaban J connectivity index is 2.66. The zero-order chi connectivity index (χ0) is 14.9. The average Bonchev–Trinajstić information content (AvgIpc) is 2.37. The van der Waals surface area contributed by atoms with Crippen molar-refractivity contribution in [1.82, 2.24) is 9.97 Å². The number of aromatic carboxylic acids is 1. The lowest BCUT2D eigenvalue weighted by Gasteiger charge is -2.09. The van der Waals surface area contributed by atoms with E-state index in [4.69, 9.17) is 9.84 Å². The summed E-state index contributed by atoms with van der Waals surface area (Å²) in [6, 6.07) is 5.23. The molecule has 0 aliphatic carbocycles. The molecule has 0 fully saturated rings. The Hall–Kier alpha value is -2.15. The third-order valence-corrected chi connectivity index (χ3v) is 3.23. The molecule has 1 aromatic heterocycles. The zero-order valence-electron chi connectivity index (χ0n) is 10.7. The van der Waals surface area contributed by atoms with Crippen LogP contribution in [-0.4, -0.2) is 28.2 Å². The lowest BCUT2D eigenvalue weighted by atomic mass is 10.1. The Morgan fingerprint density at radius 3 is 2.70 bits per heavy atom. The van der Waals surface area contributed by atoms with Gasteiger partial charge in [-0.05, 0) is 25.1 Å². The second kappa shape index (κ2) is 5.46. The van der Waals surface area contributed by atoms with Crippen molar-refractivity contribution in [3.05, 3.63) is 44.3 Å². The summed E-state index contributed by atoms with van der Waals surface area (Å²) in [7, 11) is 1.50. The summed E-state index contributed by atoms with van der Waals surface area (Å²) in [6.45, 7) is 1.48. The number of carboxylic acid groups (broad SMARTS) is 1. The number of nitrogens with zero attached hydrogens (tertiary/aromatic N) is 1. The van der Waals surface area contributed by atoms with Crippen LogP contribution in [0.5, 0.6) is 5.75 Å². The summed E-state index contributed by atoms with van der Waals surface area (Å²) in [5.41, 5.74) is -0.316. The number of halogens is 1. The second-order valence-corrected chi connectivity index (χ2v) is 4.94. The molecule has 1 aromatic carbocycles. The van der Waals surface area contributed by atoms with Crippen molar-refractivity contribution >= 4 is 21.9 Å². The molecule has 2 aromatic rings. The monoisotopic (exact) mass is 338 g/mol. The van der Waals surface area contributed by atoms with Gasteiger partial charge in [0.1, 0.15) is 17.1 Å². The maximum Gasteiger partial charge on any atom is 0.343 e. The predicted molar refractivity (Wildman–Crippen MR) is 76.2 cm³/mol. The van der Waals surface area contributed by atoms with E-state index in [1.54, 1.807) is 18.2 Å². The Kier molecular flexibility index (Phi) is 3.89. The minimum Gasteiger partial charge on any atom is -0.496 e. The first-order valence-electron chi connectivity index (χ1n) is 5.62. The van der Waals surface area contributed by atoms with Gasteiger partial charge >= 0.3 is 5.97 Å². The lowest BCUT2D eigenvalue weighted by Crippen LogP contribution is -2.21. The molecule has 0 amide bonds. The minimum atomic E-state index is -1.30. The van der Waals surface area contributed by atoms with Gasteiger partial charge in [0, 0.05) is 4.47 Å². The van der Waals surface area contributed by atoms with Gasteiger partial charge in [0.25, 0.3) is 5.56 Å². The molecule has 20 heavy (non-hydrogen) atoms. The first kappa shape index (κ1) is 14.3. The molecular weight excluding hydrogens is 328 g/mol. The lowest BCUT2D eigenvalue weighted by molar-refractivity contribution is 0.0693. The van der Waals surface area contributed by atoms with E-state index in [0.29, 0.717) is 11.3 Å². The number of hydrogen-bond acceptors (Lipinski definition) is 4. The van der Waals surface area contributed by atoms with Gasteiger partial charge in [0.15, 0.2) is 0 Å². The molecule has 0 aliphatic heterocycles. The number of carboxylic acids is 1. The highest BCUT2D eigenvalue weighted by molar-refractivity contribution is 9.10. The molecule has 7 heteroatoms. The number of aryl methyl sites for hydroxylation is 1. The summed E-state index contributed by atoms with van der Waals surface area (Å²) >= 11 is 3.32. The average molecular weight is 339 g/mol. The summed E-state index contributed by atoms with van der Waals surface area (Å²) in [5, 5.41) is 8.95. The number of H-pyrrole nitrogens is 1. The molecule has 1 heterocycles. The van der Waals surface area contributed by atoms with Crippen molar-refractivity contribution < 1.29 is 14.6 Å². The van der Waals surface area contributed by atoms with Crippen LogP contribution in [0.15, 0.2) is 27.5 Å². The second-order valence-electron chi connectivity index (χ2n) is 4.02. The molecular formula is C13H11BrN2O4. The van der Waals surface area contributed by atoms with Gasteiger partial charge in [-0.3, -0.25) is 4.79 Å². The number of aromatic amines is 1. The van der Waals surface area contributed by atoms with Crippen LogP contribution in [0.3, 0.4) is 0 Å². The summed E-state index contributed by atoms with van der Waals surface area (Å²) in [5.74, 6) is -0.516. The molecule has 104 valence electrons. The van der Waals surface area contributed by atoms with Crippen LogP contribution in [0.1, 0.15) is 16.1 Å². The van der Waals surface area contributed by atoms with Crippen LogP contribution in [0.4, 0.5) is 0 Å². The summed E-state index contributed by atoms with van der Waals surface area (Å²) in [4.78, 5) is 29.4. The molecule has 0 saturated carbocycles. The highest BCUT2D eigenvalue weighted by Gasteiger charge is 2.17. The molecule has 0 aliphatic rings. The third-order valence-electron chi connectivity index (χ3n) is 2.73. The normalized spacial score (nSPS) is 10.3. The fourth-order valence-electron chi connectivity index (χ4n) is 1.83. The Morgan fingerprint density at radius 1 is 1.45 bits per heavy atom. The van der Waals surface area contributed by atoms with E-state index in [0.717, 1.165) is 4.47 Å². The Labute approximate surface area is 122 Å². The first-order chi connectivity index (χ1) is 9.43. The highest BCUT2D eigenvalue weighted by atomic mass is 79.9. The van der Waals surface area contributed by atoms with Gasteiger partial charge in [-0.1, -0.05) is 15.9 Å². The minimum absolute atomic E-state index is 0.154. The van der Waals surface area contributed by atoms with Gasteiger partial charge in [-0.2, -0.15) is 0 Å². The van der Waals surface area contributed by atoms with Gasteiger partial charge < -0.3 is 14.8 Å². The summed E-state index contributed by atoms with van der Waals surface area (Å²) < 4.78 is 6.05. The van der Waals surface area contributed by atoms with E-state index >= 15 is 0 Å². The largest absolute Gasteiger partial charge is 0.496 e.